The summed E-state index contributed by atoms with van der Waals surface area (Å²) in [5.74, 6) is 0. The molecule has 5 heteroatoms. The first-order valence-corrected chi connectivity index (χ1v) is 5.30. The summed E-state index contributed by atoms with van der Waals surface area (Å²) in [6.07, 6.45) is 6.84. The fraction of sp³-hybridized carbons (Fsp3) is 0.700. The molecule has 1 aromatic rings. The highest BCUT2D eigenvalue weighted by molar-refractivity contribution is 5.85. The Hall–Kier alpha value is -0.580. The van der Waals surface area contributed by atoms with Crippen LogP contribution in [-0.4, -0.2) is 29.5 Å². The molecule has 4 nitrogen and oxygen atoms in total. The van der Waals surface area contributed by atoms with Gasteiger partial charge in [-0.15, -0.1) is 12.4 Å². The van der Waals surface area contributed by atoms with Gasteiger partial charge in [-0.25, -0.2) is 0 Å². The van der Waals surface area contributed by atoms with Gasteiger partial charge in [-0.3, -0.25) is 4.68 Å². The van der Waals surface area contributed by atoms with Crippen LogP contribution in [0.3, 0.4) is 0 Å². The van der Waals surface area contributed by atoms with E-state index >= 15 is 0 Å². The normalized spacial score (nSPS) is 26.0. The monoisotopic (exact) mass is 229 g/mol. The molecule has 2 fully saturated rings. The van der Waals surface area contributed by atoms with Gasteiger partial charge in [0, 0.05) is 24.8 Å². The van der Waals surface area contributed by atoms with Crippen LogP contribution in [0.1, 0.15) is 30.6 Å². The first-order chi connectivity index (χ1) is 6.93. The maximum absolute atomic E-state index is 5.66. The van der Waals surface area contributed by atoms with Crippen molar-refractivity contribution in [3.05, 3.63) is 18.0 Å². The Morgan fingerprint density at radius 3 is 3.00 bits per heavy atom. The van der Waals surface area contributed by atoms with Crippen LogP contribution in [0, 0.1) is 0 Å². The van der Waals surface area contributed by atoms with Crippen molar-refractivity contribution in [2.45, 2.75) is 25.0 Å². The van der Waals surface area contributed by atoms with Gasteiger partial charge in [-0.1, -0.05) is 0 Å². The third-order valence-corrected chi connectivity index (χ3v) is 2.84. The Kier molecular flexibility index (Phi) is 3.29. The Morgan fingerprint density at radius 2 is 2.33 bits per heavy atom. The second-order valence-corrected chi connectivity index (χ2v) is 4.05. The second kappa shape index (κ2) is 4.51. The standard InChI is InChI=1S/C10H15N3O.ClH/c1-2-9(1)13-7-8(5-12-13)10-6-11-3-4-14-10;/h5,7,9-11H,1-4,6H2;1H. The van der Waals surface area contributed by atoms with Crippen molar-refractivity contribution in [3.8, 4) is 0 Å². The lowest BCUT2D eigenvalue weighted by Crippen LogP contribution is -2.33. The molecule has 0 aromatic carbocycles. The Labute approximate surface area is 95.4 Å². The fourth-order valence-electron chi connectivity index (χ4n) is 1.84. The van der Waals surface area contributed by atoms with Gasteiger partial charge in [0.05, 0.1) is 24.9 Å². The molecule has 0 bridgehead atoms. The van der Waals surface area contributed by atoms with Crippen molar-refractivity contribution in [2.24, 2.45) is 0 Å². The van der Waals surface area contributed by atoms with E-state index in [2.05, 4.69) is 21.3 Å². The van der Waals surface area contributed by atoms with Gasteiger partial charge in [-0.2, -0.15) is 5.10 Å². The van der Waals surface area contributed by atoms with Crippen molar-refractivity contribution in [2.75, 3.05) is 19.7 Å². The topological polar surface area (TPSA) is 39.1 Å². The molecule has 2 heterocycles. The Balaban J connectivity index is 0.000000853. The third kappa shape index (κ3) is 2.33. The van der Waals surface area contributed by atoms with Gasteiger partial charge >= 0.3 is 0 Å². The van der Waals surface area contributed by atoms with E-state index < -0.39 is 0 Å². The predicted octanol–water partition coefficient (Wildman–Crippen LogP) is 1.30. The Morgan fingerprint density at radius 1 is 1.47 bits per heavy atom. The van der Waals surface area contributed by atoms with Gasteiger partial charge in [0.15, 0.2) is 0 Å². The van der Waals surface area contributed by atoms with Crippen LogP contribution in [0.5, 0.6) is 0 Å². The van der Waals surface area contributed by atoms with Crippen LogP contribution in [-0.2, 0) is 4.74 Å². The minimum absolute atomic E-state index is 0. The lowest BCUT2D eigenvalue weighted by molar-refractivity contribution is 0.0276. The van der Waals surface area contributed by atoms with Gasteiger partial charge in [0.2, 0.25) is 0 Å². The summed E-state index contributed by atoms with van der Waals surface area (Å²) < 4.78 is 7.74. The van der Waals surface area contributed by atoms with Crippen LogP contribution < -0.4 is 5.32 Å². The maximum Gasteiger partial charge on any atom is 0.0980 e. The highest BCUT2D eigenvalue weighted by atomic mass is 35.5. The zero-order valence-electron chi connectivity index (χ0n) is 8.56. The number of halogens is 1. The predicted molar refractivity (Wildman–Crippen MR) is 59.3 cm³/mol. The largest absolute Gasteiger partial charge is 0.371 e. The summed E-state index contributed by atoms with van der Waals surface area (Å²) >= 11 is 0. The summed E-state index contributed by atoms with van der Waals surface area (Å²) in [5.41, 5.74) is 1.21. The molecule has 0 spiro atoms. The third-order valence-electron chi connectivity index (χ3n) is 2.84. The van der Waals surface area contributed by atoms with Gasteiger partial charge in [0.25, 0.3) is 0 Å². The van der Waals surface area contributed by atoms with Crippen LogP contribution in [0.25, 0.3) is 0 Å². The molecular weight excluding hydrogens is 214 g/mol. The molecule has 3 rings (SSSR count). The molecule has 1 atom stereocenters. The minimum atomic E-state index is 0. The molecule has 15 heavy (non-hydrogen) atoms. The summed E-state index contributed by atoms with van der Waals surface area (Å²) in [6, 6.07) is 0.667. The van der Waals surface area contributed by atoms with E-state index in [0.29, 0.717) is 6.04 Å². The van der Waals surface area contributed by atoms with E-state index in [1.807, 2.05) is 6.20 Å². The number of nitrogens with zero attached hydrogens (tertiary/aromatic N) is 2. The Bertz CT molecular complexity index is 318. The molecule has 2 aliphatic rings. The zero-order chi connectivity index (χ0) is 9.38. The van der Waals surface area contributed by atoms with Crippen molar-refractivity contribution < 1.29 is 4.74 Å². The van der Waals surface area contributed by atoms with Gasteiger partial charge in [0.1, 0.15) is 0 Å². The average Bonchev–Trinajstić information content (AvgIpc) is 2.98. The van der Waals surface area contributed by atoms with Crippen LogP contribution in [0.4, 0.5) is 0 Å². The van der Waals surface area contributed by atoms with Crippen LogP contribution in [0.15, 0.2) is 12.4 Å². The molecule has 1 saturated carbocycles. The molecular formula is C10H16ClN3O. The SMILES string of the molecule is Cl.c1nn(C2CC2)cc1C1CNCCO1. The van der Waals surface area contributed by atoms with Crippen molar-refractivity contribution in [1.29, 1.82) is 0 Å². The summed E-state index contributed by atoms with van der Waals surface area (Å²) in [6.45, 7) is 2.68. The highest BCUT2D eigenvalue weighted by Crippen LogP contribution is 2.34. The number of aromatic nitrogens is 2. The maximum atomic E-state index is 5.66. The van der Waals surface area contributed by atoms with Gasteiger partial charge in [-0.05, 0) is 12.8 Å². The number of morpholine rings is 1. The molecule has 0 amide bonds. The number of ether oxygens (including phenoxy) is 1. The van der Waals surface area contributed by atoms with Gasteiger partial charge < -0.3 is 10.1 Å². The quantitative estimate of drug-likeness (QED) is 0.831. The number of hydrogen-bond donors (Lipinski definition) is 1. The summed E-state index contributed by atoms with van der Waals surface area (Å²) in [4.78, 5) is 0. The molecule has 1 saturated heterocycles. The van der Waals surface area contributed by atoms with E-state index in [1.54, 1.807) is 0 Å². The van der Waals surface area contributed by atoms with E-state index in [1.165, 1.54) is 18.4 Å². The lowest BCUT2D eigenvalue weighted by atomic mass is 10.2. The molecule has 1 N–H and O–H groups in total. The minimum Gasteiger partial charge on any atom is -0.371 e. The van der Waals surface area contributed by atoms with E-state index in [4.69, 9.17) is 4.74 Å². The molecule has 0 radical (unpaired) electrons. The number of hydrogen-bond acceptors (Lipinski definition) is 3. The number of rotatable bonds is 2. The first kappa shape index (κ1) is 10.9. The van der Waals surface area contributed by atoms with Crippen molar-refractivity contribution in [3.63, 3.8) is 0 Å². The summed E-state index contributed by atoms with van der Waals surface area (Å²) in [7, 11) is 0. The average molecular weight is 230 g/mol. The molecule has 84 valence electrons. The molecule has 1 aliphatic carbocycles. The lowest BCUT2D eigenvalue weighted by Gasteiger charge is -2.22. The molecule has 1 aliphatic heterocycles. The molecule has 1 unspecified atom stereocenters. The van der Waals surface area contributed by atoms with Crippen LogP contribution in [0.2, 0.25) is 0 Å². The second-order valence-electron chi connectivity index (χ2n) is 4.05. The van der Waals surface area contributed by atoms with E-state index in [0.717, 1.165) is 19.7 Å². The fourth-order valence-corrected chi connectivity index (χ4v) is 1.84. The smallest absolute Gasteiger partial charge is 0.0980 e. The highest BCUT2D eigenvalue weighted by Gasteiger charge is 2.25. The van der Waals surface area contributed by atoms with Crippen LogP contribution >= 0.6 is 12.4 Å². The van der Waals surface area contributed by atoms with E-state index in [-0.39, 0.29) is 18.5 Å². The van der Waals surface area contributed by atoms with E-state index in [9.17, 15) is 0 Å². The van der Waals surface area contributed by atoms with Crippen molar-refractivity contribution in [1.82, 2.24) is 15.1 Å². The summed E-state index contributed by atoms with van der Waals surface area (Å²) in [5, 5.41) is 7.69. The number of nitrogens with one attached hydrogen (secondary N) is 1. The zero-order valence-corrected chi connectivity index (χ0v) is 9.37. The first-order valence-electron chi connectivity index (χ1n) is 5.30. The van der Waals surface area contributed by atoms with Crippen molar-refractivity contribution >= 4 is 12.4 Å². The molecule has 1 aromatic heterocycles.